The summed E-state index contributed by atoms with van der Waals surface area (Å²) in [6, 6.07) is 2.94. The number of carbonyl (C=O) groups excluding carboxylic acids is 1. The van der Waals surface area contributed by atoms with E-state index in [-0.39, 0.29) is 5.69 Å². The maximum Gasteiger partial charge on any atom is 0.407 e. The van der Waals surface area contributed by atoms with Crippen molar-refractivity contribution in [1.82, 2.24) is 10.3 Å². The fourth-order valence-electron chi connectivity index (χ4n) is 1.19. The van der Waals surface area contributed by atoms with E-state index in [0.29, 0.717) is 17.3 Å². The molecule has 0 unspecified atom stereocenters. The highest BCUT2D eigenvalue weighted by Crippen LogP contribution is 2.34. The highest BCUT2D eigenvalue weighted by molar-refractivity contribution is 8.76. The number of hydrogen-bond acceptors (Lipinski definition) is 7. The van der Waals surface area contributed by atoms with E-state index in [1.54, 1.807) is 20.8 Å². The van der Waals surface area contributed by atoms with Gasteiger partial charge in [-0.3, -0.25) is 10.1 Å². The summed E-state index contributed by atoms with van der Waals surface area (Å²) in [4.78, 5) is 25.7. The Kier molecular flexibility index (Phi) is 6.76. The average molecular weight is 331 g/mol. The van der Waals surface area contributed by atoms with Gasteiger partial charge in [0.15, 0.2) is 5.03 Å². The summed E-state index contributed by atoms with van der Waals surface area (Å²) in [5.74, 6) is 0.581. The van der Waals surface area contributed by atoms with Crippen LogP contribution in [0.25, 0.3) is 0 Å². The van der Waals surface area contributed by atoms with E-state index in [1.165, 1.54) is 39.9 Å². The normalized spacial score (nSPS) is 11.0. The summed E-state index contributed by atoms with van der Waals surface area (Å²) in [6.45, 7) is 5.78. The minimum Gasteiger partial charge on any atom is -0.444 e. The summed E-state index contributed by atoms with van der Waals surface area (Å²) in [6.07, 6.45) is 1.03. The molecule has 0 aliphatic carbocycles. The first kappa shape index (κ1) is 17.6. The Labute approximate surface area is 130 Å². The molecular formula is C12H17N3O4S2. The molecule has 0 radical (unpaired) electrons. The number of amides is 1. The summed E-state index contributed by atoms with van der Waals surface area (Å²) in [5.41, 5.74) is -0.546. The maximum atomic E-state index is 11.4. The largest absolute Gasteiger partial charge is 0.444 e. The molecule has 0 aliphatic heterocycles. The summed E-state index contributed by atoms with van der Waals surface area (Å²) >= 11 is 0. The van der Waals surface area contributed by atoms with Gasteiger partial charge in [0.25, 0.3) is 0 Å². The topological polar surface area (TPSA) is 94.4 Å². The van der Waals surface area contributed by atoms with Crippen LogP contribution in [0.1, 0.15) is 20.8 Å². The van der Waals surface area contributed by atoms with Gasteiger partial charge in [-0.2, -0.15) is 0 Å². The van der Waals surface area contributed by atoms with Crippen molar-refractivity contribution >= 4 is 33.4 Å². The fourth-order valence-corrected chi connectivity index (χ4v) is 3.12. The van der Waals surface area contributed by atoms with E-state index in [1.807, 2.05) is 0 Å². The lowest BCUT2D eigenvalue weighted by atomic mass is 10.2. The summed E-state index contributed by atoms with van der Waals surface area (Å²) < 4.78 is 5.09. The van der Waals surface area contributed by atoms with Crippen molar-refractivity contribution < 1.29 is 14.5 Å². The van der Waals surface area contributed by atoms with Crippen LogP contribution in [0.4, 0.5) is 10.5 Å². The molecule has 0 atom stereocenters. The van der Waals surface area contributed by atoms with Crippen LogP contribution in [0.2, 0.25) is 0 Å². The van der Waals surface area contributed by atoms with Gasteiger partial charge in [-0.05, 0) is 37.6 Å². The predicted molar refractivity (Wildman–Crippen MR) is 83.4 cm³/mol. The SMILES string of the molecule is CC(C)(C)OC(=O)NCCSSc1ncccc1[N+](=O)[O-]. The van der Waals surface area contributed by atoms with Gasteiger partial charge in [-0.15, -0.1) is 0 Å². The van der Waals surface area contributed by atoms with Gasteiger partial charge in [-0.1, -0.05) is 10.8 Å². The van der Waals surface area contributed by atoms with E-state index in [9.17, 15) is 14.9 Å². The number of carbonyl (C=O) groups is 1. The monoisotopic (exact) mass is 331 g/mol. The average Bonchev–Trinajstić information content (AvgIpc) is 2.36. The number of nitro groups is 1. The molecular weight excluding hydrogens is 314 g/mol. The van der Waals surface area contributed by atoms with Crippen LogP contribution < -0.4 is 5.32 Å². The first-order valence-electron chi connectivity index (χ1n) is 6.15. The first-order chi connectivity index (χ1) is 9.79. The van der Waals surface area contributed by atoms with Gasteiger partial charge < -0.3 is 10.1 Å². The van der Waals surface area contributed by atoms with Gasteiger partial charge in [0, 0.05) is 24.6 Å². The van der Waals surface area contributed by atoms with Gasteiger partial charge >= 0.3 is 11.8 Å². The van der Waals surface area contributed by atoms with Gasteiger partial charge in [0.1, 0.15) is 5.60 Å². The Bertz CT molecular complexity index is 506. The number of pyridine rings is 1. The quantitative estimate of drug-likeness (QED) is 0.370. The van der Waals surface area contributed by atoms with E-state index >= 15 is 0 Å². The second-order valence-electron chi connectivity index (χ2n) is 4.92. The second kappa shape index (κ2) is 8.08. The molecule has 1 heterocycles. The lowest BCUT2D eigenvalue weighted by Crippen LogP contribution is -2.33. The molecule has 1 amide bonds. The number of nitrogens with zero attached hydrogens (tertiary/aromatic N) is 2. The van der Waals surface area contributed by atoms with Crippen LogP contribution in [-0.2, 0) is 4.74 Å². The van der Waals surface area contributed by atoms with Crippen molar-refractivity contribution in [3.63, 3.8) is 0 Å². The number of rotatable bonds is 6. The van der Waals surface area contributed by atoms with Gasteiger partial charge in [0.2, 0.25) is 0 Å². The third-order valence-corrected chi connectivity index (χ3v) is 4.23. The van der Waals surface area contributed by atoms with Crippen molar-refractivity contribution in [3.8, 4) is 0 Å². The molecule has 0 saturated carbocycles. The van der Waals surface area contributed by atoms with Crippen LogP contribution in [0.15, 0.2) is 23.4 Å². The van der Waals surface area contributed by atoms with Crippen LogP contribution in [-0.4, -0.2) is 33.9 Å². The van der Waals surface area contributed by atoms with Crippen LogP contribution in [0.5, 0.6) is 0 Å². The third-order valence-electron chi connectivity index (χ3n) is 1.94. The molecule has 0 spiro atoms. The zero-order valence-electron chi connectivity index (χ0n) is 12.0. The van der Waals surface area contributed by atoms with E-state index in [4.69, 9.17) is 4.74 Å². The number of hydrogen-bond donors (Lipinski definition) is 1. The lowest BCUT2D eigenvalue weighted by molar-refractivity contribution is -0.388. The molecule has 1 aromatic heterocycles. The number of aromatic nitrogens is 1. The van der Waals surface area contributed by atoms with Crippen molar-refractivity contribution in [1.29, 1.82) is 0 Å². The molecule has 0 bridgehead atoms. The molecule has 116 valence electrons. The van der Waals surface area contributed by atoms with Crippen LogP contribution in [0, 0.1) is 10.1 Å². The van der Waals surface area contributed by atoms with Crippen LogP contribution >= 0.6 is 21.6 Å². The van der Waals surface area contributed by atoms with Crippen molar-refractivity contribution in [2.24, 2.45) is 0 Å². The Hall–Kier alpha value is -1.48. The molecule has 1 aromatic rings. The second-order valence-corrected chi connectivity index (χ2v) is 7.32. The molecule has 0 fully saturated rings. The zero-order chi connectivity index (χ0) is 15.9. The lowest BCUT2D eigenvalue weighted by Gasteiger charge is -2.19. The molecule has 9 heteroatoms. The van der Waals surface area contributed by atoms with E-state index in [2.05, 4.69) is 10.3 Å². The zero-order valence-corrected chi connectivity index (χ0v) is 13.6. The molecule has 7 nitrogen and oxygen atoms in total. The summed E-state index contributed by atoms with van der Waals surface area (Å²) in [5, 5.41) is 13.8. The maximum absolute atomic E-state index is 11.4. The summed E-state index contributed by atoms with van der Waals surface area (Å²) in [7, 11) is 2.59. The smallest absolute Gasteiger partial charge is 0.407 e. The number of alkyl carbamates (subject to hydrolysis) is 1. The molecule has 0 aromatic carbocycles. The van der Waals surface area contributed by atoms with E-state index < -0.39 is 16.6 Å². The Morgan fingerprint density at radius 1 is 1.52 bits per heavy atom. The minimum absolute atomic E-state index is 0.0184. The standard InChI is InChI=1S/C12H17N3O4S2/c1-12(2,3)19-11(16)14-7-8-20-21-10-9(15(17)18)5-4-6-13-10/h4-6H,7-8H2,1-3H3,(H,14,16). The third kappa shape index (κ3) is 7.19. The first-order valence-corrected chi connectivity index (χ1v) is 8.47. The van der Waals surface area contributed by atoms with Crippen molar-refractivity contribution in [3.05, 3.63) is 28.4 Å². The highest BCUT2D eigenvalue weighted by atomic mass is 33.1. The number of ether oxygens (including phenoxy) is 1. The predicted octanol–water partition coefficient (Wildman–Crippen LogP) is 3.25. The fraction of sp³-hybridized carbons (Fsp3) is 0.500. The van der Waals surface area contributed by atoms with Crippen molar-refractivity contribution in [2.45, 2.75) is 31.4 Å². The molecule has 21 heavy (non-hydrogen) atoms. The highest BCUT2D eigenvalue weighted by Gasteiger charge is 2.16. The Morgan fingerprint density at radius 2 is 2.24 bits per heavy atom. The Balaban J connectivity index is 2.29. The van der Waals surface area contributed by atoms with Crippen LogP contribution in [0.3, 0.4) is 0 Å². The Morgan fingerprint density at radius 3 is 2.86 bits per heavy atom. The van der Waals surface area contributed by atoms with E-state index in [0.717, 1.165) is 0 Å². The van der Waals surface area contributed by atoms with Crippen molar-refractivity contribution in [2.75, 3.05) is 12.3 Å². The van der Waals surface area contributed by atoms with Gasteiger partial charge in [-0.25, -0.2) is 9.78 Å². The van der Waals surface area contributed by atoms with Gasteiger partial charge in [0.05, 0.1) is 4.92 Å². The molecule has 1 rings (SSSR count). The number of nitrogens with one attached hydrogen (secondary N) is 1. The molecule has 0 saturated heterocycles. The molecule has 0 aliphatic rings. The minimum atomic E-state index is -0.527. The molecule has 1 N–H and O–H groups in total.